The van der Waals surface area contributed by atoms with Crippen molar-refractivity contribution in [1.29, 1.82) is 0 Å². The molecule has 0 spiro atoms. The van der Waals surface area contributed by atoms with Gasteiger partial charge in [0.1, 0.15) is 0 Å². The van der Waals surface area contributed by atoms with E-state index in [0.717, 1.165) is 6.61 Å². The summed E-state index contributed by atoms with van der Waals surface area (Å²) in [5.74, 6) is 0. The number of unbranched alkanes of at least 4 members (excludes halogenated alkanes) is 1. The highest BCUT2D eigenvalue weighted by atomic mass is 16.5. The summed E-state index contributed by atoms with van der Waals surface area (Å²) in [7, 11) is 1.81. The molecule has 1 fully saturated rings. The predicted octanol–water partition coefficient (Wildman–Crippen LogP) is 3.38. The Morgan fingerprint density at radius 2 is 2.00 bits per heavy atom. The van der Waals surface area contributed by atoms with Crippen molar-refractivity contribution in [3.8, 4) is 0 Å². The average Bonchev–Trinajstić information content (AvgIpc) is 2.02. The van der Waals surface area contributed by atoms with Crippen LogP contribution in [0.2, 0.25) is 0 Å². The van der Waals surface area contributed by atoms with E-state index < -0.39 is 0 Å². The third kappa shape index (κ3) is 2.48. The minimum absolute atomic E-state index is 0.700. The first-order valence-corrected chi connectivity index (χ1v) is 5.32. The number of rotatable bonds is 6. The standard InChI is InChI=1S/C11H22O/c1-3-4-6-11(7-5-8-11)9-10-12-2/h3-10H2,1-2H3. The molecule has 1 nitrogen and oxygen atoms in total. The first-order valence-electron chi connectivity index (χ1n) is 5.32. The molecular weight excluding hydrogens is 148 g/mol. The summed E-state index contributed by atoms with van der Waals surface area (Å²) in [5.41, 5.74) is 0.700. The van der Waals surface area contributed by atoms with Crippen LogP contribution >= 0.6 is 0 Å². The van der Waals surface area contributed by atoms with Crippen LogP contribution in [0.3, 0.4) is 0 Å². The summed E-state index contributed by atoms with van der Waals surface area (Å²) in [4.78, 5) is 0. The van der Waals surface area contributed by atoms with E-state index >= 15 is 0 Å². The predicted molar refractivity (Wildman–Crippen MR) is 52.3 cm³/mol. The van der Waals surface area contributed by atoms with Gasteiger partial charge < -0.3 is 4.74 Å². The quantitative estimate of drug-likeness (QED) is 0.593. The fraction of sp³-hybridized carbons (Fsp3) is 1.00. The molecule has 1 saturated carbocycles. The summed E-state index contributed by atoms with van der Waals surface area (Å²) in [5, 5.41) is 0. The first-order chi connectivity index (χ1) is 5.83. The molecule has 1 heteroatoms. The zero-order chi connectivity index (χ0) is 8.86. The molecule has 1 rings (SSSR count). The average molecular weight is 170 g/mol. The van der Waals surface area contributed by atoms with Gasteiger partial charge in [0, 0.05) is 13.7 Å². The summed E-state index contributed by atoms with van der Waals surface area (Å²) in [6, 6.07) is 0. The van der Waals surface area contributed by atoms with Crippen LogP contribution in [0.25, 0.3) is 0 Å². The molecule has 1 aliphatic rings. The molecule has 72 valence electrons. The molecule has 0 aliphatic heterocycles. The van der Waals surface area contributed by atoms with Crippen molar-refractivity contribution in [2.45, 2.75) is 51.9 Å². The molecule has 0 aromatic carbocycles. The second-order valence-electron chi connectivity index (χ2n) is 4.20. The van der Waals surface area contributed by atoms with Crippen LogP contribution in [0.15, 0.2) is 0 Å². The van der Waals surface area contributed by atoms with Gasteiger partial charge in [-0.25, -0.2) is 0 Å². The van der Waals surface area contributed by atoms with Crippen LogP contribution in [0.1, 0.15) is 51.9 Å². The van der Waals surface area contributed by atoms with Gasteiger partial charge in [0.05, 0.1) is 0 Å². The van der Waals surface area contributed by atoms with Gasteiger partial charge in [0.15, 0.2) is 0 Å². The third-order valence-corrected chi connectivity index (χ3v) is 3.31. The number of methoxy groups -OCH3 is 1. The maximum atomic E-state index is 5.15. The van der Waals surface area contributed by atoms with E-state index in [9.17, 15) is 0 Å². The van der Waals surface area contributed by atoms with Crippen molar-refractivity contribution in [1.82, 2.24) is 0 Å². The topological polar surface area (TPSA) is 9.23 Å². The number of ether oxygens (including phenoxy) is 1. The molecule has 0 radical (unpaired) electrons. The first kappa shape index (κ1) is 10.0. The van der Waals surface area contributed by atoms with E-state index in [0.29, 0.717) is 5.41 Å². The maximum absolute atomic E-state index is 5.15. The van der Waals surface area contributed by atoms with Gasteiger partial charge >= 0.3 is 0 Å². The normalized spacial score (nSPS) is 20.5. The lowest BCUT2D eigenvalue weighted by Gasteiger charge is -2.42. The zero-order valence-corrected chi connectivity index (χ0v) is 8.57. The van der Waals surface area contributed by atoms with Gasteiger partial charge in [-0.15, -0.1) is 0 Å². The van der Waals surface area contributed by atoms with Crippen molar-refractivity contribution < 1.29 is 4.74 Å². The molecule has 0 bridgehead atoms. The Labute approximate surface area is 76.5 Å². The van der Waals surface area contributed by atoms with Gasteiger partial charge in [-0.3, -0.25) is 0 Å². The fourth-order valence-electron chi connectivity index (χ4n) is 2.17. The second kappa shape index (κ2) is 4.86. The summed E-state index contributed by atoms with van der Waals surface area (Å²) >= 11 is 0. The van der Waals surface area contributed by atoms with E-state index in [1.807, 2.05) is 7.11 Å². The molecule has 0 N–H and O–H groups in total. The van der Waals surface area contributed by atoms with Gasteiger partial charge in [0.25, 0.3) is 0 Å². The van der Waals surface area contributed by atoms with Crippen molar-refractivity contribution in [2.24, 2.45) is 5.41 Å². The Balaban J connectivity index is 2.19. The minimum atomic E-state index is 0.700. The summed E-state index contributed by atoms with van der Waals surface area (Å²) in [6.07, 6.45) is 9.84. The molecule has 12 heavy (non-hydrogen) atoms. The van der Waals surface area contributed by atoms with Gasteiger partial charge in [-0.05, 0) is 31.1 Å². The van der Waals surface area contributed by atoms with E-state index in [1.54, 1.807) is 0 Å². The molecule has 0 unspecified atom stereocenters. The summed E-state index contributed by atoms with van der Waals surface area (Å²) < 4.78 is 5.15. The molecule has 0 atom stereocenters. The van der Waals surface area contributed by atoms with Crippen LogP contribution in [-0.2, 0) is 4.74 Å². The SMILES string of the molecule is CCCCC1(CCOC)CCC1. The maximum Gasteiger partial charge on any atom is 0.0467 e. The van der Waals surface area contributed by atoms with Gasteiger partial charge in [-0.1, -0.05) is 26.2 Å². The lowest BCUT2D eigenvalue weighted by molar-refractivity contribution is 0.0593. The zero-order valence-electron chi connectivity index (χ0n) is 8.57. The van der Waals surface area contributed by atoms with Gasteiger partial charge in [0.2, 0.25) is 0 Å². The molecular formula is C11H22O. The monoisotopic (exact) mass is 170 g/mol. The Morgan fingerprint density at radius 3 is 2.42 bits per heavy atom. The van der Waals surface area contributed by atoms with Crippen LogP contribution in [0.4, 0.5) is 0 Å². The second-order valence-corrected chi connectivity index (χ2v) is 4.20. The molecule has 0 amide bonds. The highest BCUT2D eigenvalue weighted by molar-refractivity contribution is 4.87. The Bertz CT molecular complexity index is 106. The lowest BCUT2D eigenvalue weighted by atomic mass is 9.64. The van der Waals surface area contributed by atoms with E-state index in [1.165, 1.54) is 44.9 Å². The Morgan fingerprint density at radius 1 is 1.25 bits per heavy atom. The van der Waals surface area contributed by atoms with E-state index in [4.69, 9.17) is 4.74 Å². The summed E-state index contributed by atoms with van der Waals surface area (Å²) in [6.45, 7) is 3.24. The highest BCUT2D eigenvalue weighted by Crippen LogP contribution is 2.47. The Kier molecular flexibility index (Phi) is 4.07. The highest BCUT2D eigenvalue weighted by Gasteiger charge is 2.35. The molecule has 0 saturated heterocycles. The van der Waals surface area contributed by atoms with Crippen LogP contribution in [-0.4, -0.2) is 13.7 Å². The lowest BCUT2D eigenvalue weighted by Crippen LogP contribution is -2.30. The van der Waals surface area contributed by atoms with E-state index in [-0.39, 0.29) is 0 Å². The molecule has 0 aromatic rings. The van der Waals surface area contributed by atoms with Crippen LogP contribution in [0, 0.1) is 5.41 Å². The molecule has 0 aromatic heterocycles. The van der Waals surface area contributed by atoms with Crippen molar-refractivity contribution >= 4 is 0 Å². The smallest absolute Gasteiger partial charge is 0.0467 e. The van der Waals surface area contributed by atoms with E-state index in [2.05, 4.69) is 6.92 Å². The molecule has 1 aliphatic carbocycles. The van der Waals surface area contributed by atoms with Crippen LogP contribution in [0.5, 0.6) is 0 Å². The minimum Gasteiger partial charge on any atom is -0.385 e. The fourth-order valence-corrected chi connectivity index (χ4v) is 2.17. The number of hydrogen-bond acceptors (Lipinski definition) is 1. The van der Waals surface area contributed by atoms with Crippen molar-refractivity contribution in [2.75, 3.05) is 13.7 Å². The third-order valence-electron chi connectivity index (χ3n) is 3.31. The van der Waals surface area contributed by atoms with Crippen molar-refractivity contribution in [3.63, 3.8) is 0 Å². The number of hydrogen-bond donors (Lipinski definition) is 0. The largest absolute Gasteiger partial charge is 0.385 e. The van der Waals surface area contributed by atoms with Crippen molar-refractivity contribution in [3.05, 3.63) is 0 Å². The van der Waals surface area contributed by atoms with Gasteiger partial charge in [-0.2, -0.15) is 0 Å². The van der Waals surface area contributed by atoms with Crippen LogP contribution < -0.4 is 0 Å². The molecule has 0 heterocycles. The Hall–Kier alpha value is -0.0400.